The molecule has 0 aliphatic rings. The lowest BCUT2D eigenvalue weighted by Crippen LogP contribution is -2.13. The van der Waals surface area contributed by atoms with Crippen LogP contribution in [0.4, 0.5) is 5.69 Å². The predicted octanol–water partition coefficient (Wildman–Crippen LogP) is 4.56. The van der Waals surface area contributed by atoms with E-state index in [1.165, 1.54) is 17.3 Å². The minimum Gasteiger partial charge on any atom is -0.484 e. The van der Waals surface area contributed by atoms with E-state index in [2.05, 4.69) is 22.4 Å². The molecule has 3 aromatic rings. The number of carbonyl (C=O) groups excluding carboxylic acids is 1. The van der Waals surface area contributed by atoms with Crippen LogP contribution >= 0.6 is 11.8 Å². The van der Waals surface area contributed by atoms with Gasteiger partial charge in [-0.25, -0.2) is 0 Å². The third-order valence-electron chi connectivity index (χ3n) is 4.33. The van der Waals surface area contributed by atoms with Crippen LogP contribution in [0.25, 0.3) is 0 Å². The quantitative estimate of drug-likeness (QED) is 0.562. The predicted molar refractivity (Wildman–Crippen MR) is 110 cm³/mol. The second-order valence-electron chi connectivity index (χ2n) is 6.34. The molecule has 0 spiro atoms. The number of aromatic nitrogens is 2. The molecule has 6 nitrogen and oxygen atoms in total. The average Bonchev–Trinajstić information content (AvgIpc) is 3.16. The minimum absolute atomic E-state index is 0.124. The second-order valence-corrected chi connectivity index (χ2v) is 7.26. The van der Waals surface area contributed by atoms with Gasteiger partial charge in [-0.3, -0.25) is 4.79 Å². The van der Waals surface area contributed by atoms with Gasteiger partial charge >= 0.3 is 0 Å². The first kappa shape index (κ1) is 19.9. The summed E-state index contributed by atoms with van der Waals surface area (Å²) >= 11 is 1.20. The lowest BCUT2D eigenvalue weighted by atomic mass is 10.1. The van der Waals surface area contributed by atoms with Gasteiger partial charge in [0.05, 0.1) is 5.75 Å². The molecule has 2 aromatic carbocycles. The largest absolute Gasteiger partial charge is 0.484 e. The maximum absolute atomic E-state index is 12.1. The van der Waals surface area contributed by atoms with Crippen molar-refractivity contribution in [1.82, 2.24) is 10.2 Å². The number of thioether (sulfide) groups is 1. The standard InChI is InChI=1S/C21H23N3O3S/c1-4-16-8-10-17(11-9-16)22-19(25)13-28-21-24-23-20(27-21)12-26-18-7-5-6-14(2)15(18)3/h5-11H,4,12-13H2,1-3H3,(H,22,25). The number of hydrogen-bond acceptors (Lipinski definition) is 6. The molecule has 0 bridgehead atoms. The Balaban J connectivity index is 1.47. The Morgan fingerprint density at radius 2 is 1.93 bits per heavy atom. The summed E-state index contributed by atoms with van der Waals surface area (Å²) in [5.41, 5.74) is 4.25. The Morgan fingerprint density at radius 3 is 2.68 bits per heavy atom. The van der Waals surface area contributed by atoms with Crippen molar-refractivity contribution in [1.29, 1.82) is 0 Å². The Bertz CT molecular complexity index is 938. The number of amides is 1. The molecule has 0 aliphatic heterocycles. The maximum atomic E-state index is 12.1. The molecule has 28 heavy (non-hydrogen) atoms. The summed E-state index contributed by atoms with van der Waals surface area (Å²) in [6.45, 7) is 6.32. The Morgan fingerprint density at radius 1 is 1.14 bits per heavy atom. The van der Waals surface area contributed by atoms with Crippen molar-refractivity contribution in [2.24, 2.45) is 0 Å². The van der Waals surface area contributed by atoms with Crippen LogP contribution in [-0.2, 0) is 17.8 Å². The fourth-order valence-corrected chi connectivity index (χ4v) is 3.10. The molecule has 0 radical (unpaired) electrons. The molecule has 1 N–H and O–H groups in total. The molecule has 0 unspecified atom stereocenters. The van der Waals surface area contributed by atoms with Crippen LogP contribution in [0.2, 0.25) is 0 Å². The molecule has 1 aromatic heterocycles. The van der Waals surface area contributed by atoms with Gasteiger partial charge in [0.1, 0.15) is 5.75 Å². The molecule has 0 fully saturated rings. The van der Waals surface area contributed by atoms with Crippen molar-refractivity contribution in [2.75, 3.05) is 11.1 Å². The molecule has 0 aliphatic carbocycles. The molecule has 3 rings (SSSR count). The summed E-state index contributed by atoms with van der Waals surface area (Å²) in [5.74, 6) is 1.23. The zero-order valence-corrected chi connectivity index (χ0v) is 17.0. The molecule has 1 amide bonds. The second kappa shape index (κ2) is 9.41. The topological polar surface area (TPSA) is 77.2 Å². The van der Waals surface area contributed by atoms with Gasteiger partial charge in [-0.2, -0.15) is 0 Å². The van der Waals surface area contributed by atoms with Crippen molar-refractivity contribution in [3.05, 3.63) is 65.0 Å². The van der Waals surface area contributed by atoms with Crippen LogP contribution in [-0.4, -0.2) is 21.9 Å². The molecular formula is C21H23N3O3S. The molecular weight excluding hydrogens is 374 g/mol. The normalized spacial score (nSPS) is 10.7. The number of aryl methyl sites for hydroxylation is 2. The summed E-state index contributed by atoms with van der Waals surface area (Å²) in [4.78, 5) is 12.1. The lowest BCUT2D eigenvalue weighted by Gasteiger charge is -2.08. The van der Waals surface area contributed by atoms with E-state index in [0.29, 0.717) is 11.1 Å². The number of carbonyl (C=O) groups is 1. The van der Waals surface area contributed by atoms with Crippen LogP contribution in [0.1, 0.15) is 29.5 Å². The SMILES string of the molecule is CCc1ccc(NC(=O)CSc2nnc(COc3cccc(C)c3C)o2)cc1. The van der Waals surface area contributed by atoms with Crippen LogP contribution in [0.15, 0.2) is 52.1 Å². The van der Waals surface area contributed by atoms with E-state index in [9.17, 15) is 4.79 Å². The van der Waals surface area contributed by atoms with Crippen molar-refractivity contribution in [3.8, 4) is 5.75 Å². The first-order valence-corrected chi connectivity index (χ1v) is 10.1. The minimum atomic E-state index is -0.124. The van der Waals surface area contributed by atoms with Gasteiger partial charge in [0, 0.05) is 5.69 Å². The van der Waals surface area contributed by atoms with E-state index in [1.807, 2.05) is 56.3 Å². The summed E-state index contributed by atoms with van der Waals surface area (Å²) in [7, 11) is 0. The molecule has 0 saturated heterocycles. The van der Waals surface area contributed by atoms with E-state index in [4.69, 9.17) is 9.15 Å². The highest BCUT2D eigenvalue weighted by molar-refractivity contribution is 7.99. The summed E-state index contributed by atoms with van der Waals surface area (Å²) in [6.07, 6.45) is 0.969. The van der Waals surface area contributed by atoms with Gasteiger partial charge in [0.2, 0.25) is 5.91 Å². The number of anilines is 1. The zero-order chi connectivity index (χ0) is 19.9. The van der Waals surface area contributed by atoms with E-state index < -0.39 is 0 Å². The highest BCUT2D eigenvalue weighted by Gasteiger charge is 2.11. The number of rotatable bonds is 8. The van der Waals surface area contributed by atoms with Crippen LogP contribution < -0.4 is 10.1 Å². The Kier molecular flexibility index (Phi) is 6.71. The van der Waals surface area contributed by atoms with Crippen LogP contribution in [0, 0.1) is 13.8 Å². The van der Waals surface area contributed by atoms with Gasteiger partial charge in [-0.05, 0) is 55.2 Å². The molecule has 7 heteroatoms. The van der Waals surface area contributed by atoms with E-state index in [0.717, 1.165) is 29.0 Å². The highest BCUT2D eigenvalue weighted by atomic mass is 32.2. The lowest BCUT2D eigenvalue weighted by molar-refractivity contribution is -0.113. The van der Waals surface area contributed by atoms with Gasteiger partial charge in [-0.1, -0.05) is 43.0 Å². The van der Waals surface area contributed by atoms with Crippen molar-refractivity contribution >= 4 is 23.4 Å². The smallest absolute Gasteiger partial charge is 0.277 e. The van der Waals surface area contributed by atoms with Crippen molar-refractivity contribution in [2.45, 2.75) is 39.0 Å². The first-order valence-electron chi connectivity index (χ1n) is 9.08. The van der Waals surface area contributed by atoms with Gasteiger partial charge in [0.15, 0.2) is 6.61 Å². The van der Waals surface area contributed by atoms with Gasteiger partial charge in [-0.15, -0.1) is 10.2 Å². The Hall–Kier alpha value is -2.80. The monoisotopic (exact) mass is 397 g/mol. The molecule has 146 valence electrons. The Labute approximate surface area is 168 Å². The highest BCUT2D eigenvalue weighted by Crippen LogP contribution is 2.22. The summed E-state index contributed by atoms with van der Waals surface area (Å²) < 4.78 is 11.3. The number of nitrogens with one attached hydrogen (secondary N) is 1. The number of ether oxygens (including phenoxy) is 1. The third-order valence-corrected chi connectivity index (χ3v) is 5.15. The van der Waals surface area contributed by atoms with Crippen molar-refractivity contribution < 1.29 is 13.9 Å². The van der Waals surface area contributed by atoms with Gasteiger partial charge < -0.3 is 14.5 Å². The maximum Gasteiger partial charge on any atom is 0.277 e. The molecule has 0 saturated carbocycles. The van der Waals surface area contributed by atoms with E-state index >= 15 is 0 Å². The number of hydrogen-bond donors (Lipinski definition) is 1. The third kappa shape index (κ3) is 5.36. The van der Waals surface area contributed by atoms with Crippen LogP contribution in [0.3, 0.4) is 0 Å². The van der Waals surface area contributed by atoms with E-state index in [1.54, 1.807) is 0 Å². The molecule has 0 atom stereocenters. The summed E-state index contributed by atoms with van der Waals surface area (Å²) in [5, 5.41) is 11.1. The van der Waals surface area contributed by atoms with E-state index in [-0.39, 0.29) is 18.3 Å². The zero-order valence-electron chi connectivity index (χ0n) is 16.2. The van der Waals surface area contributed by atoms with Crippen molar-refractivity contribution in [3.63, 3.8) is 0 Å². The van der Waals surface area contributed by atoms with Crippen LogP contribution in [0.5, 0.6) is 5.75 Å². The number of nitrogens with zero attached hydrogens (tertiary/aromatic N) is 2. The molecule has 1 heterocycles. The fraction of sp³-hybridized carbons (Fsp3) is 0.286. The summed E-state index contributed by atoms with van der Waals surface area (Å²) in [6, 6.07) is 13.7. The van der Waals surface area contributed by atoms with Gasteiger partial charge in [0.25, 0.3) is 11.1 Å². The fourth-order valence-electron chi connectivity index (χ4n) is 2.52. The first-order chi connectivity index (χ1) is 13.5. The average molecular weight is 398 g/mol. The number of benzene rings is 2.